The Bertz CT molecular complexity index is 1210. The Labute approximate surface area is 205 Å². The van der Waals surface area contributed by atoms with Gasteiger partial charge in [0, 0.05) is 11.4 Å². The van der Waals surface area contributed by atoms with Crippen LogP contribution in [0.1, 0.15) is 48.7 Å². The monoisotopic (exact) mass is 505 g/mol. The van der Waals surface area contributed by atoms with Gasteiger partial charge < -0.3 is 18.9 Å². The highest BCUT2D eigenvalue weighted by Crippen LogP contribution is 2.50. The minimum atomic E-state index is -0.532. The van der Waals surface area contributed by atoms with Crippen molar-refractivity contribution >= 4 is 65.9 Å². The SMILES string of the molecule is CCOC(=O)COc1c(C(=O)OC)sc2c1sc1c(N(C(=O)OC)C3CCCCC3)cccc12. The number of fused-ring (bicyclic) bond motifs is 3. The van der Waals surface area contributed by atoms with Gasteiger partial charge in [0.2, 0.25) is 0 Å². The van der Waals surface area contributed by atoms with Gasteiger partial charge in [-0.15, -0.1) is 22.7 Å². The molecule has 3 aromatic rings. The van der Waals surface area contributed by atoms with Crippen LogP contribution in [0.4, 0.5) is 10.5 Å². The van der Waals surface area contributed by atoms with Crippen LogP contribution >= 0.6 is 22.7 Å². The molecular formula is C24H27NO7S2. The first-order chi connectivity index (χ1) is 16.5. The van der Waals surface area contributed by atoms with Gasteiger partial charge >= 0.3 is 18.0 Å². The summed E-state index contributed by atoms with van der Waals surface area (Å²) in [4.78, 5) is 39.3. The van der Waals surface area contributed by atoms with Crippen LogP contribution in [0.25, 0.3) is 19.5 Å². The number of anilines is 1. The zero-order valence-corrected chi connectivity index (χ0v) is 21.0. The fourth-order valence-corrected chi connectivity index (χ4v) is 7.03. The van der Waals surface area contributed by atoms with E-state index in [4.69, 9.17) is 18.9 Å². The van der Waals surface area contributed by atoms with Gasteiger partial charge in [-0.1, -0.05) is 31.4 Å². The van der Waals surface area contributed by atoms with E-state index >= 15 is 0 Å². The summed E-state index contributed by atoms with van der Waals surface area (Å²) in [7, 11) is 2.70. The molecule has 0 bridgehead atoms. The average molecular weight is 506 g/mol. The highest BCUT2D eigenvalue weighted by molar-refractivity contribution is 7.34. The highest BCUT2D eigenvalue weighted by atomic mass is 32.1. The van der Waals surface area contributed by atoms with E-state index in [0.717, 1.165) is 50.9 Å². The van der Waals surface area contributed by atoms with Gasteiger partial charge in [-0.25, -0.2) is 14.4 Å². The average Bonchev–Trinajstić information content (AvgIpc) is 3.40. The zero-order valence-electron chi connectivity index (χ0n) is 19.4. The molecule has 182 valence electrons. The summed E-state index contributed by atoms with van der Waals surface area (Å²) < 4.78 is 23.3. The number of ether oxygens (including phenoxy) is 4. The molecule has 0 aliphatic heterocycles. The minimum Gasteiger partial charge on any atom is -0.479 e. The number of esters is 2. The van der Waals surface area contributed by atoms with E-state index < -0.39 is 11.9 Å². The molecule has 0 atom stereocenters. The molecule has 2 heterocycles. The number of nitrogens with zero attached hydrogens (tertiary/aromatic N) is 1. The summed E-state index contributed by atoms with van der Waals surface area (Å²) in [6.45, 7) is 1.64. The van der Waals surface area contributed by atoms with Crippen molar-refractivity contribution in [1.29, 1.82) is 0 Å². The molecule has 34 heavy (non-hydrogen) atoms. The number of carbonyl (C=O) groups is 3. The molecule has 0 unspecified atom stereocenters. The second kappa shape index (κ2) is 10.6. The first kappa shape index (κ1) is 24.3. The van der Waals surface area contributed by atoms with Crippen molar-refractivity contribution < 1.29 is 33.3 Å². The predicted octanol–water partition coefficient (Wildman–Crippen LogP) is 5.75. The van der Waals surface area contributed by atoms with Crippen molar-refractivity contribution in [2.24, 2.45) is 0 Å². The molecule has 1 amide bonds. The lowest BCUT2D eigenvalue weighted by Crippen LogP contribution is -2.41. The number of carbonyl (C=O) groups excluding carboxylic acids is 3. The van der Waals surface area contributed by atoms with E-state index in [0.29, 0.717) is 5.75 Å². The van der Waals surface area contributed by atoms with Crippen molar-refractivity contribution in [2.75, 3.05) is 32.3 Å². The van der Waals surface area contributed by atoms with Crippen molar-refractivity contribution in [3.05, 3.63) is 23.1 Å². The standard InChI is InChI=1S/C24H27NO7S2/c1-4-31-17(26)13-32-18-21-20(34-22(18)23(27)29-2)15-11-8-12-16(19(15)33-21)25(24(28)30-3)14-9-6-5-7-10-14/h8,11-12,14H,4-7,9-10,13H2,1-3H3. The molecule has 4 rings (SSSR count). The van der Waals surface area contributed by atoms with Crippen LogP contribution in [0.3, 0.4) is 0 Å². The summed E-state index contributed by atoms with van der Waals surface area (Å²) in [6, 6.07) is 5.85. The number of methoxy groups -OCH3 is 2. The lowest BCUT2D eigenvalue weighted by molar-refractivity contribution is -0.145. The molecule has 8 nitrogen and oxygen atoms in total. The number of thiophene rings is 2. The second-order valence-electron chi connectivity index (χ2n) is 7.89. The van der Waals surface area contributed by atoms with Gasteiger partial charge in [0.25, 0.3) is 0 Å². The van der Waals surface area contributed by atoms with E-state index in [2.05, 4.69) is 0 Å². The van der Waals surface area contributed by atoms with Gasteiger partial charge in [-0.05, 0) is 25.8 Å². The van der Waals surface area contributed by atoms with Crippen molar-refractivity contribution in [3.8, 4) is 5.75 Å². The van der Waals surface area contributed by atoms with Crippen LogP contribution < -0.4 is 9.64 Å². The Kier molecular flexibility index (Phi) is 7.57. The Morgan fingerprint density at radius 2 is 1.76 bits per heavy atom. The molecule has 1 fully saturated rings. The Hall–Kier alpha value is -2.85. The fraction of sp³-hybridized carbons (Fsp3) is 0.458. The van der Waals surface area contributed by atoms with E-state index in [9.17, 15) is 14.4 Å². The molecule has 1 aliphatic carbocycles. The largest absolute Gasteiger partial charge is 0.479 e. The van der Waals surface area contributed by atoms with Crippen LogP contribution in [0.15, 0.2) is 18.2 Å². The fourth-order valence-electron chi connectivity index (χ4n) is 4.35. The first-order valence-corrected chi connectivity index (χ1v) is 12.8. The minimum absolute atomic E-state index is 0.0668. The third-order valence-corrected chi connectivity index (χ3v) is 8.39. The number of hydrogen-bond donors (Lipinski definition) is 0. The van der Waals surface area contributed by atoms with Gasteiger partial charge in [-0.2, -0.15) is 0 Å². The normalized spacial score (nSPS) is 14.2. The molecule has 0 saturated heterocycles. The van der Waals surface area contributed by atoms with E-state index in [1.807, 2.05) is 18.2 Å². The zero-order chi connectivity index (χ0) is 24.2. The Morgan fingerprint density at radius 1 is 1.00 bits per heavy atom. The number of amides is 1. The molecule has 0 spiro atoms. The smallest absolute Gasteiger partial charge is 0.414 e. The van der Waals surface area contributed by atoms with Gasteiger partial charge in [-0.3, -0.25) is 4.90 Å². The number of rotatable bonds is 7. The van der Waals surface area contributed by atoms with Crippen LogP contribution in [0.2, 0.25) is 0 Å². The maximum atomic E-state index is 12.9. The molecule has 1 saturated carbocycles. The molecule has 0 radical (unpaired) electrons. The lowest BCUT2D eigenvalue weighted by atomic mass is 9.94. The summed E-state index contributed by atoms with van der Waals surface area (Å²) in [6.07, 6.45) is 4.77. The Morgan fingerprint density at radius 3 is 2.44 bits per heavy atom. The summed E-state index contributed by atoms with van der Waals surface area (Å²) in [5, 5.41) is 0.906. The first-order valence-electron chi connectivity index (χ1n) is 11.2. The summed E-state index contributed by atoms with van der Waals surface area (Å²) in [5.41, 5.74) is 0.778. The molecule has 10 heteroatoms. The maximum Gasteiger partial charge on any atom is 0.414 e. The van der Waals surface area contributed by atoms with Gasteiger partial charge in [0.15, 0.2) is 17.2 Å². The van der Waals surface area contributed by atoms with Crippen LogP contribution in [0, 0.1) is 0 Å². The van der Waals surface area contributed by atoms with Crippen LogP contribution in [0.5, 0.6) is 5.75 Å². The van der Waals surface area contributed by atoms with Crippen molar-refractivity contribution in [1.82, 2.24) is 0 Å². The van der Waals surface area contributed by atoms with Gasteiger partial charge in [0.1, 0.15) is 0 Å². The van der Waals surface area contributed by atoms with Crippen molar-refractivity contribution in [2.45, 2.75) is 45.1 Å². The molecular weight excluding hydrogens is 478 g/mol. The second-order valence-corrected chi connectivity index (χ2v) is 9.93. The Balaban J connectivity index is 1.84. The molecule has 1 aliphatic rings. The predicted molar refractivity (Wildman–Crippen MR) is 132 cm³/mol. The third kappa shape index (κ3) is 4.56. The van der Waals surface area contributed by atoms with Gasteiger partial charge in [0.05, 0.1) is 40.6 Å². The number of benzene rings is 1. The summed E-state index contributed by atoms with van der Waals surface area (Å²) in [5.74, 6) is -0.752. The van der Waals surface area contributed by atoms with E-state index in [1.165, 1.54) is 43.3 Å². The van der Waals surface area contributed by atoms with E-state index in [-0.39, 0.29) is 30.2 Å². The maximum absolute atomic E-state index is 12.9. The summed E-state index contributed by atoms with van der Waals surface area (Å²) >= 11 is 2.68. The number of hydrogen-bond acceptors (Lipinski definition) is 9. The molecule has 1 aromatic carbocycles. The quantitative estimate of drug-likeness (QED) is 0.298. The molecule has 2 aromatic heterocycles. The molecule has 0 N–H and O–H groups in total. The third-order valence-electron chi connectivity index (χ3n) is 5.85. The highest BCUT2D eigenvalue weighted by Gasteiger charge is 2.31. The van der Waals surface area contributed by atoms with E-state index in [1.54, 1.807) is 11.8 Å². The lowest BCUT2D eigenvalue weighted by Gasteiger charge is -2.33. The van der Waals surface area contributed by atoms with Crippen LogP contribution in [-0.2, 0) is 19.0 Å². The van der Waals surface area contributed by atoms with Crippen LogP contribution in [-0.4, -0.2) is 51.5 Å². The topological polar surface area (TPSA) is 91.4 Å². The van der Waals surface area contributed by atoms with Crippen molar-refractivity contribution in [3.63, 3.8) is 0 Å².